The van der Waals surface area contributed by atoms with E-state index in [1.165, 1.54) is 30.4 Å². The summed E-state index contributed by atoms with van der Waals surface area (Å²) in [6, 6.07) is 9.50. The van der Waals surface area contributed by atoms with Crippen LogP contribution in [0, 0.1) is 0 Å². The molecule has 1 aliphatic carbocycles. The number of benzene rings is 1. The molecule has 1 aromatic rings. The van der Waals surface area contributed by atoms with Crippen LogP contribution in [0.25, 0.3) is 0 Å². The van der Waals surface area contributed by atoms with Gasteiger partial charge >= 0.3 is 0 Å². The molecule has 102 valence electrons. The molecule has 1 saturated heterocycles. The molecule has 2 aliphatic rings. The number of piperazine rings is 1. The highest BCUT2D eigenvalue weighted by atomic mass is 16.2. The van der Waals surface area contributed by atoms with Crippen LogP contribution < -0.4 is 0 Å². The number of carbonyl (C=O) groups is 1. The molecule has 0 radical (unpaired) electrons. The lowest BCUT2D eigenvalue weighted by Crippen LogP contribution is -2.52. The molecule has 0 spiro atoms. The molecule has 0 saturated carbocycles. The Kier molecular flexibility index (Phi) is 3.56. The minimum Gasteiger partial charge on any atom is -0.340 e. The van der Waals surface area contributed by atoms with E-state index < -0.39 is 0 Å². The lowest BCUT2D eigenvalue weighted by atomic mass is 9.87. The fourth-order valence-electron chi connectivity index (χ4n) is 3.39. The Morgan fingerprint density at radius 2 is 1.79 bits per heavy atom. The van der Waals surface area contributed by atoms with Gasteiger partial charge in [-0.25, -0.2) is 0 Å². The Balaban J connectivity index is 1.62. The van der Waals surface area contributed by atoms with Crippen LogP contribution in [-0.4, -0.2) is 47.9 Å². The Labute approximate surface area is 115 Å². The van der Waals surface area contributed by atoms with Crippen molar-refractivity contribution >= 4 is 5.91 Å². The molecule has 0 unspecified atom stereocenters. The summed E-state index contributed by atoms with van der Waals surface area (Å²) >= 11 is 0. The van der Waals surface area contributed by atoms with E-state index in [9.17, 15) is 4.79 Å². The maximum Gasteiger partial charge on any atom is 0.219 e. The minimum absolute atomic E-state index is 0.216. The van der Waals surface area contributed by atoms with E-state index in [0.29, 0.717) is 6.04 Å². The molecule has 1 atom stereocenters. The first-order valence-electron chi connectivity index (χ1n) is 7.30. The van der Waals surface area contributed by atoms with E-state index in [4.69, 9.17) is 0 Å². The summed E-state index contributed by atoms with van der Waals surface area (Å²) in [4.78, 5) is 15.9. The Morgan fingerprint density at radius 3 is 2.47 bits per heavy atom. The second-order valence-electron chi connectivity index (χ2n) is 5.71. The largest absolute Gasteiger partial charge is 0.340 e. The molecule has 0 aromatic heterocycles. The van der Waals surface area contributed by atoms with Crippen molar-refractivity contribution < 1.29 is 4.79 Å². The highest BCUT2D eigenvalue weighted by Crippen LogP contribution is 2.25. The van der Waals surface area contributed by atoms with Gasteiger partial charge in [0, 0.05) is 39.1 Å². The van der Waals surface area contributed by atoms with Gasteiger partial charge in [-0.05, 0) is 30.4 Å². The third kappa shape index (κ3) is 2.66. The predicted octanol–water partition coefficient (Wildman–Crippen LogP) is 1.71. The summed E-state index contributed by atoms with van der Waals surface area (Å²) in [6.45, 7) is 5.53. The van der Waals surface area contributed by atoms with Crippen molar-refractivity contribution in [2.24, 2.45) is 0 Å². The minimum atomic E-state index is 0.216. The normalized spacial score (nSPS) is 24.1. The van der Waals surface area contributed by atoms with E-state index in [0.717, 1.165) is 26.2 Å². The second kappa shape index (κ2) is 5.33. The van der Waals surface area contributed by atoms with E-state index in [-0.39, 0.29) is 5.91 Å². The second-order valence-corrected chi connectivity index (χ2v) is 5.71. The van der Waals surface area contributed by atoms with Crippen molar-refractivity contribution in [3.8, 4) is 0 Å². The quantitative estimate of drug-likeness (QED) is 0.765. The first kappa shape index (κ1) is 12.7. The Hall–Kier alpha value is -1.35. The lowest BCUT2D eigenvalue weighted by Gasteiger charge is -2.40. The van der Waals surface area contributed by atoms with Crippen LogP contribution in [0.2, 0.25) is 0 Å². The zero-order valence-electron chi connectivity index (χ0n) is 11.6. The van der Waals surface area contributed by atoms with Gasteiger partial charge in [0.15, 0.2) is 0 Å². The molecule has 19 heavy (non-hydrogen) atoms. The number of nitrogens with zero attached hydrogens (tertiary/aromatic N) is 2. The highest BCUT2D eigenvalue weighted by molar-refractivity contribution is 5.73. The lowest BCUT2D eigenvalue weighted by molar-refractivity contribution is -0.130. The average Bonchev–Trinajstić information content (AvgIpc) is 2.47. The summed E-state index contributed by atoms with van der Waals surface area (Å²) in [5.74, 6) is 0.216. The molecule has 1 amide bonds. The SMILES string of the molecule is CC(=O)N1CCN([C@@H]2CCc3ccccc3C2)CC1. The average molecular weight is 258 g/mol. The van der Waals surface area contributed by atoms with Gasteiger partial charge in [-0.15, -0.1) is 0 Å². The molecule has 0 bridgehead atoms. The van der Waals surface area contributed by atoms with Gasteiger partial charge in [0.2, 0.25) is 5.91 Å². The van der Waals surface area contributed by atoms with Crippen LogP contribution in [-0.2, 0) is 17.6 Å². The standard InChI is InChI=1S/C16H22N2O/c1-13(19)17-8-10-18(11-9-17)16-7-6-14-4-2-3-5-15(14)12-16/h2-5,16H,6-12H2,1H3/t16-/m1/s1. The Morgan fingerprint density at radius 1 is 1.11 bits per heavy atom. The van der Waals surface area contributed by atoms with Crippen molar-refractivity contribution in [2.75, 3.05) is 26.2 Å². The molecule has 3 heteroatoms. The van der Waals surface area contributed by atoms with Crippen LogP contribution in [0.15, 0.2) is 24.3 Å². The summed E-state index contributed by atoms with van der Waals surface area (Å²) in [5, 5.41) is 0. The maximum atomic E-state index is 11.4. The van der Waals surface area contributed by atoms with E-state index in [1.54, 1.807) is 6.92 Å². The van der Waals surface area contributed by atoms with Gasteiger partial charge < -0.3 is 4.90 Å². The predicted molar refractivity (Wildman–Crippen MR) is 76.1 cm³/mol. The summed E-state index contributed by atoms with van der Waals surface area (Å²) in [7, 11) is 0. The van der Waals surface area contributed by atoms with Gasteiger partial charge in [0.05, 0.1) is 0 Å². The van der Waals surface area contributed by atoms with E-state index in [2.05, 4.69) is 29.2 Å². The third-order valence-electron chi connectivity index (χ3n) is 4.60. The molecule has 1 heterocycles. The van der Waals surface area contributed by atoms with Crippen molar-refractivity contribution in [3.05, 3.63) is 35.4 Å². The molecule has 3 nitrogen and oxygen atoms in total. The molecule has 1 aliphatic heterocycles. The molecule has 3 rings (SSSR count). The molecule has 1 aromatic carbocycles. The fourth-order valence-corrected chi connectivity index (χ4v) is 3.39. The molecule has 0 N–H and O–H groups in total. The van der Waals surface area contributed by atoms with Gasteiger partial charge in [-0.2, -0.15) is 0 Å². The molecular weight excluding hydrogens is 236 g/mol. The maximum absolute atomic E-state index is 11.4. The van der Waals surface area contributed by atoms with Gasteiger partial charge in [0.1, 0.15) is 0 Å². The summed E-state index contributed by atoms with van der Waals surface area (Å²) in [5.41, 5.74) is 3.05. The number of amides is 1. The van der Waals surface area contributed by atoms with Crippen LogP contribution in [0.3, 0.4) is 0 Å². The van der Waals surface area contributed by atoms with E-state index >= 15 is 0 Å². The zero-order chi connectivity index (χ0) is 13.2. The third-order valence-corrected chi connectivity index (χ3v) is 4.60. The number of hydrogen-bond acceptors (Lipinski definition) is 2. The van der Waals surface area contributed by atoms with Gasteiger partial charge in [0.25, 0.3) is 0 Å². The first-order chi connectivity index (χ1) is 9.24. The van der Waals surface area contributed by atoms with Crippen molar-refractivity contribution in [1.82, 2.24) is 9.80 Å². The van der Waals surface area contributed by atoms with Crippen molar-refractivity contribution in [2.45, 2.75) is 32.2 Å². The summed E-state index contributed by atoms with van der Waals surface area (Å²) in [6.07, 6.45) is 3.64. The van der Waals surface area contributed by atoms with Crippen LogP contribution in [0.1, 0.15) is 24.5 Å². The zero-order valence-corrected chi connectivity index (χ0v) is 11.6. The monoisotopic (exact) mass is 258 g/mol. The van der Waals surface area contributed by atoms with E-state index in [1.807, 2.05) is 4.90 Å². The van der Waals surface area contributed by atoms with Crippen molar-refractivity contribution in [3.63, 3.8) is 0 Å². The first-order valence-corrected chi connectivity index (χ1v) is 7.30. The fraction of sp³-hybridized carbons (Fsp3) is 0.562. The van der Waals surface area contributed by atoms with Crippen LogP contribution in [0.4, 0.5) is 0 Å². The smallest absolute Gasteiger partial charge is 0.219 e. The number of carbonyl (C=O) groups excluding carboxylic acids is 1. The number of rotatable bonds is 1. The highest BCUT2D eigenvalue weighted by Gasteiger charge is 2.27. The molecular formula is C16H22N2O. The summed E-state index contributed by atoms with van der Waals surface area (Å²) < 4.78 is 0. The Bertz CT molecular complexity index is 464. The number of aryl methyl sites for hydroxylation is 1. The molecule has 1 fully saturated rings. The topological polar surface area (TPSA) is 23.6 Å². The van der Waals surface area contributed by atoms with Crippen LogP contribution in [0.5, 0.6) is 0 Å². The van der Waals surface area contributed by atoms with Gasteiger partial charge in [-0.3, -0.25) is 9.69 Å². The van der Waals surface area contributed by atoms with Crippen LogP contribution >= 0.6 is 0 Å². The van der Waals surface area contributed by atoms with Gasteiger partial charge in [-0.1, -0.05) is 24.3 Å². The number of fused-ring (bicyclic) bond motifs is 1. The number of hydrogen-bond donors (Lipinski definition) is 0. The van der Waals surface area contributed by atoms with Crippen molar-refractivity contribution in [1.29, 1.82) is 0 Å².